The Labute approximate surface area is 164 Å². The lowest BCUT2D eigenvalue weighted by Gasteiger charge is -2.13. The zero-order valence-corrected chi connectivity index (χ0v) is 15.7. The highest BCUT2D eigenvalue weighted by atomic mass is 32.1. The van der Waals surface area contributed by atoms with Gasteiger partial charge in [0.15, 0.2) is 10.9 Å². The molecule has 0 amide bonds. The number of anilines is 1. The van der Waals surface area contributed by atoms with Crippen LogP contribution in [0.4, 0.5) is 19.0 Å². The normalized spacial score (nSPS) is 11.2. The highest BCUT2D eigenvalue weighted by Crippen LogP contribution is 2.31. The summed E-state index contributed by atoms with van der Waals surface area (Å²) in [5, 5.41) is 7.23. The van der Waals surface area contributed by atoms with Crippen molar-refractivity contribution in [1.82, 2.24) is 30.5 Å². The van der Waals surface area contributed by atoms with E-state index >= 15 is 0 Å². The van der Waals surface area contributed by atoms with Gasteiger partial charge in [0.25, 0.3) is 0 Å². The number of hydrazine groups is 1. The minimum Gasteiger partial charge on any atom is -0.364 e. The molecule has 0 fully saturated rings. The van der Waals surface area contributed by atoms with Crippen LogP contribution in [0.15, 0.2) is 42.9 Å². The third kappa shape index (κ3) is 4.36. The van der Waals surface area contributed by atoms with Crippen molar-refractivity contribution in [1.29, 1.82) is 0 Å². The topological polar surface area (TPSA) is 79.7 Å². The molecule has 0 aliphatic heterocycles. The Bertz CT molecular complexity index is 983. The van der Waals surface area contributed by atoms with Crippen molar-refractivity contribution >= 4 is 23.1 Å². The van der Waals surface area contributed by atoms with Gasteiger partial charge in [0.2, 0.25) is 0 Å². The third-order valence-electron chi connectivity index (χ3n) is 3.78. The van der Waals surface area contributed by atoms with Crippen LogP contribution in [0.25, 0.3) is 22.5 Å². The van der Waals surface area contributed by atoms with Gasteiger partial charge in [-0.05, 0) is 24.4 Å². The van der Waals surface area contributed by atoms with Gasteiger partial charge in [0.05, 0.1) is 23.7 Å². The van der Waals surface area contributed by atoms with Crippen molar-refractivity contribution < 1.29 is 13.2 Å². The second-order valence-corrected chi connectivity index (χ2v) is 6.17. The van der Waals surface area contributed by atoms with Gasteiger partial charge in [0.1, 0.15) is 5.69 Å². The van der Waals surface area contributed by atoms with E-state index in [1.54, 1.807) is 31.2 Å². The molecule has 146 valence electrons. The molecule has 2 aromatic heterocycles. The summed E-state index contributed by atoms with van der Waals surface area (Å²) in [5.41, 5.74) is 7.00. The van der Waals surface area contributed by atoms with Crippen LogP contribution in [0, 0.1) is 0 Å². The van der Waals surface area contributed by atoms with E-state index in [9.17, 15) is 13.2 Å². The van der Waals surface area contributed by atoms with E-state index < -0.39 is 11.7 Å². The number of halogens is 3. The number of thiocarbonyl (C=S) groups is 1. The van der Waals surface area contributed by atoms with Crippen LogP contribution < -0.4 is 16.2 Å². The van der Waals surface area contributed by atoms with Crippen molar-refractivity contribution in [3.05, 3.63) is 48.4 Å². The summed E-state index contributed by atoms with van der Waals surface area (Å²) in [6.45, 7) is 0. The van der Waals surface area contributed by atoms with Crippen molar-refractivity contribution in [2.24, 2.45) is 7.05 Å². The first kappa shape index (κ1) is 19.5. The zero-order valence-electron chi connectivity index (χ0n) is 14.9. The van der Waals surface area contributed by atoms with Crippen LogP contribution in [-0.2, 0) is 13.2 Å². The molecular weight excluding hydrogens is 391 g/mol. The fourth-order valence-electron chi connectivity index (χ4n) is 2.37. The van der Waals surface area contributed by atoms with Crippen LogP contribution in [-0.4, -0.2) is 31.9 Å². The standard InChI is InChI=1S/C17H16F3N7S/c1-21-16(28)26-25-15-14(11-7-23-27(2)9-11)24-13(8-22-15)10-3-5-12(6-4-10)17(18,19)20/h3-9H,1-2H3,(H,22,25)(H2,21,26,28). The van der Waals surface area contributed by atoms with Crippen LogP contribution >= 0.6 is 12.2 Å². The monoisotopic (exact) mass is 407 g/mol. The van der Waals surface area contributed by atoms with E-state index in [4.69, 9.17) is 12.2 Å². The predicted octanol–water partition coefficient (Wildman–Crippen LogP) is 2.98. The number of aryl methyl sites for hydroxylation is 1. The van der Waals surface area contributed by atoms with Crippen LogP contribution in [0.3, 0.4) is 0 Å². The van der Waals surface area contributed by atoms with E-state index in [1.165, 1.54) is 18.3 Å². The number of nitrogens with zero attached hydrogens (tertiary/aromatic N) is 4. The predicted molar refractivity (Wildman–Crippen MR) is 103 cm³/mol. The average molecular weight is 407 g/mol. The van der Waals surface area contributed by atoms with Crippen LogP contribution in [0.2, 0.25) is 0 Å². The summed E-state index contributed by atoms with van der Waals surface area (Å²) < 4.78 is 39.9. The molecule has 0 unspecified atom stereocenters. The highest BCUT2D eigenvalue weighted by Gasteiger charge is 2.30. The number of alkyl halides is 3. The number of rotatable bonds is 4. The van der Waals surface area contributed by atoms with Gasteiger partial charge in [0, 0.05) is 31.4 Å². The number of nitrogens with one attached hydrogen (secondary N) is 3. The molecule has 3 rings (SSSR count). The van der Waals surface area contributed by atoms with Gasteiger partial charge in [-0.3, -0.25) is 15.5 Å². The maximum Gasteiger partial charge on any atom is 0.416 e. The molecule has 28 heavy (non-hydrogen) atoms. The van der Waals surface area contributed by atoms with Gasteiger partial charge in [-0.2, -0.15) is 18.3 Å². The Hall–Kier alpha value is -3.21. The summed E-state index contributed by atoms with van der Waals surface area (Å²) in [6, 6.07) is 4.75. The molecule has 1 aromatic carbocycles. The fourth-order valence-corrected chi connectivity index (χ4v) is 2.42. The van der Waals surface area contributed by atoms with Gasteiger partial charge in [-0.1, -0.05) is 12.1 Å². The molecule has 0 aliphatic rings. The maximum absolute atomic E-state index is 12.8. The molecular formula is C17H16F3N7S. The first-order valence-electron chi connectivity index (χ1n) is 8.05. The van der Waals surface area contributed by atoms with E-state index in [0.29, 0.717) is 33.4 Å². The highest BCUT2D eigenvalue weighted by molar-refractivity contribution is 7.80. The third-order valence-corrected chi connectivity index (χ3v) is 4.09. The summed E-state index contributed by atoms with van der Waals surface area (Å²) in [5.74, 6) is 0.390. The second kappa shape index (κ2) is 7.80. The Morgan fingerprint density at radius 3 is 2.39 bits per heavy atom. The lowest BCUT2D eigenvalue weighted by molar-refractivity contribution is -0.137. The number of aromatic nitrogens is 4. The molecule has 0 saturated heterocycles. The van der Waals surface area contributed by atoms with E-state index in [0.717, 1.165) is 12.1 Å². The minimum absolute atomic E-state index is 0.353. The SMILES string of the molecule is CNC(=S)NNc1ncc(-c2ccc(C(F)(F)F)cc2)nc1-c1cnn(C)c1. The van der Waals surface area contributed by atoms with Crippen molar-refractivity contribution in [2.75, 3.05) is 12.5 Å². The fraction of sp³-hybridized carbons (Fsp3) is 0.176. The van der Waals surface area contributed by atoms with E-state index in [2.05, 4.69) is 31.2 Å². The van der Waals surface area contributed by atoms with Gasteiger partial charge < -0.3 is 5.32 Å². The van der Waals surface area contributed by atoms with E-state index in [1.807, 2.05) is 0 Å². The molecule has 2 heterocycles. The second-order valence-electron chi connectivity index (χ2n) is 5.76. The Balaban J connectivity index is 1.98. The molecule has 0 saturated carbocycles. The summed E-state index contributed by atoms with van der Waals surface area (Å²) in [7, 11) is 3.43. The quantitative estimate of drug-likeness (QED) is 0.453. The average Bonchev–Trinajstić information content (AvgIpc) is 3.11. The van der Waals surface area contributed by atoms with Crippen molar-refractivity contribution in [3.8, 4) is 22.5 Å². The largest absolute Gasteiger partial charge is 0.416 e. The van der Waals surface area contributed by atoms with Gasteiger partial charge in [-0.25, -0.2) is 9.97 Å². The number of hydrogen-bond acceptors (Lipinski definition) is 5. The maximum atomic E-state index is 12.8. The summed E-state index contributed by atoms with van der Waals surface area (Å²) >= 11 is 5.02. The van der Waals surface area contributed by atoms with Crippen molar-refractivity contribution in [2.45, 2.75) is 6.18 Å². The van der Waals surface area contributed by atoms with Crippen LogP contribution in [0.5, 0.6) is 0 Å². The lowest BCUT2D eigenvalue weighted by Crippen LogP contribution is -2.37. The number of hydrogen-bond donors (Lipinski definition) is 3. The smallest absolute Gasteiger partial charge is 0.364 e. The molecule has 0 bridgehead atoms. The van der Waals surface area contributed by atoms with Gasteiger partial charge in [-0.15, -0.1) is 0 Å². The first-order chi connectivity index (χ1) is 13.3. The molecule has 0 radical (unpaired) electrons. The van der Waals surface area contributed by atoms with E-state index in [-0.39, 0.29) is 0 Å². The lowest BCUT2D eigenvalue weighted by atomic mass is 10.1. The molecule has 7 nitrogen and oxygen atoms in total. The molecule has 11 heteroatoms. The first-order valence-corrected chi connectivity index (χ1v) is 8.46. The van der Waals surface area contributed by atoms with Gasteiger partial charge >= 0.3 is 6.18 Å². The minimum atomic E-state index is -4.39. The Morgan fingerprint density at radius 2 is 1.82 bits per heavy atom. The Kier molecular flexibility index (Phi) is 5.45. The summed E-state index contributed by atoms with van der Waals surface area (Å²) in [4.78, 5) is 8.89. The zero-order chi connectivity index (χ0) is 20.3. The molecule has 0 atom stereocenters. The molecule has 3 N–H and O–H groups in total. The molecule has 3 aromatic rings. The van der Waals surface area contributed by atoms with Crippen molar-refractivity contribution in [3.63, 3.8) is 0 Å². The van der Waals surface area contributed by atoms with Crippen LogP contribution in [0.1, 0.15) is 5.56 Å². The molecule has 0 aliphatic carbocycles. The Morgan fingerprint density at radius 1 is 1.11 bits per heavy atom. The number of benzene rings is 1. The summed E-state index contributed by atoms with van der Waals surface area (Å²) in [6.07, 6.45) is 0.440. The molecule has 0 spiro atoms.